The van der Waals surface area contributed by atoms with Gasteiger partial charge in [-0.15, -0.1) is 11.8 Å². The molecule has 0 N–H and O–H groups in total. The maximum Gasteiger partial charge on any atom is 0.131 e. The summed E-state index contributed by atoms with van der Waals surface area (Å²) in [6, 6.07) is 18.1. The molecule has 32 heavy (non-hydrogen) atoms. The lowest BCUT2D eigenvalue weighted by molar-refractivity contribution is 0.262. The van der Waals surface area contributed by atoms with Gasteiger partial charge in [0.15, 0.2) is 0 Å². The number of hydrogen-bond donors (Lipinski definition) is 0. The van der Waals surface area contributed by atoms with Gasteiger partial charge in [0.1, 0.15) is 24.0 Å². The highest BCUT2D eigenvalue weighted by molar-refractivity contribution is 8.00. The van der Waals surface area contributed by atoms with Gasteiger partial charge in [-0.3, -0.25) is 0 Å². The van der Waals surface area contributed by atoms with Crippen LogP contribution in [0, 0.1) is 11.6 Å². The smallest absolute Gasteiger partial charge is 0.131 e. The van der Waals surface area contributed by atoms with E-state index in [2.05, 4.69) is 24.1 Å². The number of thioether (sulfide) groups is 1. The number of benzene rings is 3. The standard InChI is InChI=1S/C26H24ClF2NOS/c1-30-14-13-26(32-20-9-6-18(28)7-10-20)22-11-8-19(15-17(22)5-12-25(26)30)31-16-21-23(27)3-2-4-24(21)29/h2-4,6-11,15,25H,5,12-14,16H2,1H3. The number of aryl methyl sites for hydroxylation is 1. The highest BCUT2D eigenvalue weighted by Gasteiger charge is 2.50. The van der Waals surface area contributed by atoms with Crippen LogP contribution < -0.4 is 4.74 Å². The Balaban J connectivity index is 1.44. The van der Waals surface area contributed by atoms with E-state index in [9.17, 15) is 8.78 Å². The summed E-state index contributed by atoms with van der Waals surface area (Å²) in [6.45, 7) is 1.12. The average molecular weight is 472 g/mol. The molecule has 6 heteroatoms. The molecule has 2 unspecified atom stereocenters. The number of fused-ring (bicyclic) bond motifs is 3. The van der Waals surface area contributed by atoms with Crippen LogP contribution in [-0.2, 0) is 17.8 Å². The van der Waals surface area contributed by atoms with Crippen LogP contribution >= 0.6 is 23.4 Å². The Morgan fingerprint density at radius 2 is 1.94 bits per heavy atom. The van der Waals surface area contributed by atoms with E-state index in [4.69, 9.17) is 16.3 Å². The third-order valence-electron chi connectivity index (χ3n) is 6.68. The van der Waals surface area contributed by atoms with Gasteiger partial charge in [-0.2, -0.15) is 0 Å². The zero-order chi connectivity index (χ0) is 22.3. The third-order valence-corrected chi connectivity index (χ3v) is 8.61. The van der Waals surface area contributed by atoms with E-state index in [0.29, 0.717) is 16.6 Å². The second kappa shape index (κ2) is 8.69. The largest absolute Gasteiger partial charge is 0.489 e. The van der Waals surface area contributed by atoms with Crippen molar-refractivity contribution in [3.63, 3.8) is 0 Å². The fraction of sp³-hybridized carbons (Fsp3) is 0.308. The Morgan fingerprint density at radius 3 is 2.72 bits per heavy atom. The van der Waals surface area contributed by atoms with Crippen LogP contribution in [0.2, 0.25) is 5.02 Å². The Bertz CT molecular complexity index is 1120. The molecule has 1 fully saturated rings. The van der Waals surface area contributed by atoms with Crippen molar-refractivity contribution in [1.82, 2.24) is 4.90 Å². The van der Waals surface area contributed by atoms with E-state index in [1.807, 2.05) is 30.0 Å². The van der Waals surface area contributed by atoms with Crippen molar-refractivity contribution in [2.24, 2.45) is 0 Å². The van der Waals surface area contributed by atoms with Crippen molar-refractivity contribution in [3.8, 4) is 5.75 Å². The van der Waals surface area contributed by atoms with Gasteiger partial charge < -0.3 is 9.64 Å². The summed E-state index contributed by atoms with van der Waals surface area (Å²) in [7, 11) is 2.19. The SMILES string of the molecule is CN1CCC2(Sc3ccc(F)cc3)c3ccc(OCc4c(F)cccc4Cl)cc3CCC12. The maximum atomic E-state index is 14.1. The van der Waals surface area contributed by atoms with Gasteiger partial charge in [0, 0.05) is 16.5 Å². The Kier molecular flexibility index (Phi) is 5.91. The van der Waals surface area contributed by atoms with Crippen molar-refractivity contribution in [3.05, 3.63) is 94.0 Å². The lowest BCUT2D eigenvalue weighted by Gasteiger charge is -2.42. The first-order chi connectivity index (χ1) is 15.5. The molecule has 1 aliphatic carbocycles. The van der Waals surface area contributed by atoms with E-state index in [1.54, 1.807) is 12.1 Å². The minimum Gasteiger partial charge on any atom is -0.489 e. The first-order valence-electron chi connectivity index (χ1n) is 10.8. The number of nitrogens with zero attached hydrogens (tertiary/aromatic N) is 1. The van der Waals surface area contributed by atoms with Gasteiger partial charge in [-0.1, -0.05) is 23.7 Å². The number of halogens is 3. The van der Waals surface area contributed by atoms with Crippen LogP contribution in [-0.4, -0.2) is 24.5 Å². The molecule has 0 aromatic heterocycles. The minimum atomic E-state index is -0.359. The van der Waals surface area contributed by atoms with Gasteiger partial charge >= 0.3 is 0 Å². The Labute approximate surface area is 196 Å². The fourth-order valence-electron chi connectivity index (χ4n) is 5.07. The van der Waals surface area contributed by atoms with Crippen molar-refractivity contribution in [2.75, 3.05) is 13.6 Å². The molecule has 2 aliphatic rings. The summed E-state index contributed by atoms with van der Waals surface area (Å²) in [5.74, 6) is 0.143. The lowest BCUT2D eigenvalue weighted by Crippen LogP contribution is -2.42. The zero-order valence-electron chi connectivity index (χ0n) is 17.8. The number of rotatable bonds is 5. The molecule has 166 valence electrons. The average Bonchev–Trinajstić information content (AvgIpc) is 3.11. The van der Waals surface area contributed by atoms with E-state index >= 15 is 0 Å². The number of likely N-dealkylation sites (tertiary alicyclic amines) is 1. The van der Waals surface area contributed by atoms with E-state index in [-0.39, 0.29) is 23.0 Å². The summed E-state index contributed by atoms with van der Waals surface area (Å²) in [6.07, 6.45) is 3.06. The topological polar surface area (TPSA) is 12.5 Å². The summed E-state index contributed by atoms with van der Waals surface area (Å²) in [4.78, 5) is 3.53. The molecule has 1 heterocycles. The monoisotopic (exact) mass is 471 g/mol. The van der Waals surface area contributed by atoms with Gasteiger partial charge in [0.2, 0.25) is 0 Å². The number of likely N-dealkylation sites (N-methyl/N-ethyl adjacent to an activating group) is 1. The molecule has 1 aliphatic heterocycles. The zero-order valence-corrected chi connectivity index (χ0v) is 19.4. The quantitative estimate of drug-likeness (QED) is 0.404. The normalized spacial score (nSPS) is 22.4. The van der Waals surface area contributed by atoms with Crippen LogP contribution in [0.5, 0.6) is 5.75 Å². The molecule has 0 amide bonds. The molecule has 2 nitrogen and oxygen atoms in total. The van der Waals surface area contributed by atoms with Gasteiger partial charge in [-0.05, 0) is 92.5 Å². The van der Waals surface area contributed by atoms with E-state index in [1.165, 1.54) is 29.3 Å². The first kappa shape index (κ1) is 21.7. The van der Waals surface area contributed by atoms with Crippen LogP contribution in [0.3, 0.4) is 0 Å². The molecule has 3 aromatic carbocycles. The molecule has 0 radical (unpaired) electrons. The van der Waals surface area contributed by atoms with Crippen molar-refractivity contribution < 1.29 is 13.5 Å². The summed E-state index contributed by atoms with van der Waals surface area (Å²) in [5.41, 5.74) is 2.96. The first-order valence-corrected chi connectivity index (χ1v) is 12.0. The predicted molar refractivity (Wildman–Crippen MR) is 125 cm³/mol. The molecule has 1 saturated heterocycles. The highest BCUT2D eigenvalue weighted by atomic mass is 35.5. The fourth-order valence-corrected chi connectivity index (χ4v) is 6.92. The molecule has 0 bridgehead atoms. The maximum absolute atomic E-state index is 14.1. The molecular weight excluding hydrogens is 448 g/mol. The van der Waals surface area contributed by atoms with Crippen molar-refractivity contribution >= 4 is 23.4 Å². The van der Waals surface area contributed by atoms with Gasteiger partial charge in [-0.25, -0.2) is 8.78 Å². The highest BCUT2D eigenvalue weighted by Crippen LogP contribution is 2.56. The van der Waals surface area contributed by atoms with Crippen LogP contribution in [0.25, 0.3) is 0 Å². The van der Waals surface area contributed by atoms with Crippen LogP contribution in [0.4, 0.5) is 8.78 Å². The van der Waals surface area contributed by atoms with Crippen molar-refractivity contribution in [2.45, 2.75) is 41.6 Å². The van der Waals surface area contributed by atoms with Crippen LogP contribution in [0.15, 0.2) is 65.6 Å². The number of ether oxygens (including phenoxy) is 1. The molecule has 5 rings (SSSR count). The summed E-state index contributed by atoms with van der Waals surface area (Å²) < 4.78 is 33.4. The minimum absolute atomic E-state index is 0.0759. The van der Waals surface area contributed by atoms with Crippen LogP contribution in [0.1, 0.15) is 29.5 Å². The molecule has 0 saturated carbocycles. The third kappa shape index (κ3) is 3.91. The molecule has 3 aromatic rings. The van der Waals surface area contributed by atoms with E-state index in [0.717, 1.165) is 36.5 Å². The molecular formula is C26H24ClF2NOS. The van der Waals surface area contributed by atoms with Gasteiger partial charge in [0.25, 0.3) is 0 Å². The van der Waals surface area contributed by atoms with E-state index < -0.39 is 0 Å². The second-order valence-corrected chi connectivity index (χ2v) is 10.3. The molecule has 0 spiro atoms. The lowest BCUT2D eigenvalue weighted by atomic mass is 9.78. The molecule has 2 atom stereocenters. The summed E-state index contributed by atoms with van der Waals surface area (Å²) >= 11 is 7.98. The Morgan fingerprint density at radius 1 is 1.12 bits per heavy atom. The summed E-state index contributed by atoms with van der Waals surface area (Å²) in [5, 5.41) is 0.370. The predicted octanol–water partition coefficient (Wildman–Crippen LogP) is 6.84. The number of hydrogen-bond acceptors (Lipinski definition) is 3. The van der Waals surface area contributed by atoms with Gasteiger partial charge in [0.05, 0.1) is 9.77 Å². The second-order valence-electron chi connectivity index (χ2n) is 8.54. The Hall–Kier alpha value is -2.08. The van der Waals surface area contributed by atoms with Crippen molar-refractivity contribution in [1.29, 1.82) is 0 Å².